The molecule has 28 heavy (non-hydrogen) atoms. The highest BCUT2D eigenvalue weighted by atomic mass is 79.9. The van der Waals surface area contributed by atoms with E-state index in [0.717, 1.165) is 50.0 Å². The van der Waals surface area contributed by atoms with Crippen LogP contribution >= 0.6 is 15.9 Å². The van der Waals surface area contributed by atoms with Crippen molar-refractivity contribution in [1.82, 2.24) is 9.91 Å². The van der Waals surface area contributed by atoms with Gasteiger partial charge in [0.15, 0.2) is 0 Å². The fourth-order valence-corrected chi connectivity index (χ4v) is 5.98. The minimum Gasteiger partial charge on any atom is -0.448 e. The fourth-order valence-electron chi connectivity index (χ4n) is 4.94. The Hall–Kier alpha value is -1.44. The van der Waals surface area contributed by atoms with Gasteiger partial charge in [0.2, 0.25) is 0 Å². The Balaban J connectivity index is 1.83. The van der Waals surface area contributed by atoms with Gasteiger partial charge in [-0.1, -0.05) is 52.7 Å². The zero-order chi connectivity index (χ0) is 19.6. The molecule has 1 aromatic rings. The molecule has 4 rings (SSSR count). The van der Waals surface area contributed by atoms with Crippen molar-refractivity contribution >= 4 is 27.7 Å². The van der Waals surface area contributed by atoms with Crippen LogP contribution in [0.15, 0.2) is 35.4 Å². The number of amides is 1. The molecular weight excluding hydrogens is 422 g/mol. The van der Waals surface area contributed by atoms with Gasteiger partial charge in [-0.05, 0) is 31.7 Å². The van der Waals surface area contributed by atoms with Gasteiger partial charge in [0.1, 0.15) is 5.66 Å². The highest BCUT2D eigenvalue weighted by molar-refractivity contribution is 9.10. The largest absolute Gasteiger partial charge is 0.448 e. The Morgan fingerprint density at radius 1 is 1.29 bits per heavy atom. The number of nitrogens with zero attached hydrogens (tertiary/aromatic N) is 3. The Morgan fingerprint density at radius 2 is 2.04 bits per heavy atom. The number of halogens is 1. The third kappa shape index (κ3) is 3.37. The van der Waals surface area contributed by atoms with Gasteiger partial charge in [-0.3, -0.25) is 4.90 Å². The van der Waals surface area contributed by atoms with Crippen LogP contribution in [0.5, 0.6) is 0 Å². The summed E-state index contributed by atoms with van der Waals surface area (Å²) in [6.07, 6.45) is 3.85. The van der Waals surface area contributed by atoms with Crippen molar-refractivity contribution in [2.75, 3.05) is 32.9 Å². The van der Waals surface area contributed by atoms with E-state index in [1.807, 2.05) is 25.1 Å². The first kappa shape index (κ1) is 19.9. The van der Waals surface area contributed by atoms with E-state index < -0.39 is 5.66 Å². The molecule has 2 fully saturated rings. The lowest BCUT2D eigenvalue weighted by molar-refractivity contribution is -0.141. The van der Waals surface area contributed by atoms with Gasteiger partial charge in [0, 0.05) is 19.0 Å². The number of alkyl halides is 1. The van der Waals surface area contributed by atoms with Crippen LogP contribution in [0, 0.1) is 5.92 Å². The number of rotatable bonds is 3. The number of fused-ring (bicyclic) bond motifs is 1. The normalized spacial score (nSPS) is 31.1. The molecular formula is C21H28BrN3O3. The summed E-state index contributed by atoms with van der Waals surface area (Å²) < 4.78 is 11.1. The van der Waals surface area contributed by atoms with E-state index in [9.17, 15) is 4.79 Å². The summed E-state index contributed by atoms with van der Waals surface area (Å²) in [5.41, 5.74) is 1.49. The number of hydrogen-bond acceptors (Lipinski definition) is 5. The van der Waals surface area contributed by atoms with Gasteiger partial charge >= 0.3 is 6.09 Å². The molecule has 2 aliphatic heterocycles. The second-order valence-corrected chi connectivity index (χ2v) is 8.58. The molecule has 0 spiro atoms. The zero-order valence-electron chi connectivity index (χ0n) is 16.3. The average molecular weight is 450 g/mol. The molecule has 0 unspecified atom stereocenters. The third-order valence-corrected chi connectivity index (χ3v) is 7.23. The number of morpholine rings is 1. The SMILES string of the molecule is CCOC(=O)N1N=C(c2ccccc2)[C@H](Br)[C@H]2CCCC[C@]21N1CCOCC1. The van der Waals surface area contributed by atoms with Crippen LogP contribution in [0.4, 0.5) is 4.79 Å². The second-order valence-electron chi connectivity index (χ2n) is 7.59. The maximum atomic E-state index is 13.1. The molecule has 1 aliphatic carbocycles. The summed E-state index contributed by atoms with van der Waals surface area (Å²) in [5.74, 6) is 0.247. The number of carbonyl (C=O) groups is 1. The molecule has 0 radical (unpaired) electrons. The van der Waals surface area contributed by atoms with Crippen LogP contribution in [0.25, 0.3) is 0 Å². The van der Waals surface area contributed by atoms with Gasteiger partial charge in [-0.2, -0.15) is 10.1 Å². The molecule has 7 heteroatoms. The quantitative estimate of drug-likeness (QED) is 0.657. The van der Waals surface area contributed by atoms with Crippen molar-refractivity contribution in [3.63, 3.8) is 0 Å². The van der Waals surface area contributed by atoms with Crippen LogP contribution in [-0.2, 0) is 9.47 Å². The number of hydrazone groups is 1. The molecule has 152 valence electrons. The van der Waals surface area contributed by atoms with Crippen LogP contribution < -0.4 is 0 Å². The minimum atomic E-state index is -0.458. The fraction of sp³-hybridized carbons (Fsp3) is 0.619. The Bertz CT molecular complexity index is 723. The summed E-state index contributed by atoms with van der Waals surface area (Å²) in [5, 5.41) is 6.60. The Labute approximate surface area is 175 Å². The van der Waals surface area contributed by atoms with E-state index in [1.165, 1.54) is 0 Å². The highest BCUT2D eigenvalue weighted by Gasteiger charge is 2.58. The summed E-state index contributed by atoms with van der Waals surface area (Å²) in [6, 6.07) is 10.1. The van der Waals surface area contributed by atoms with E-state index in [0.29, 0.717) is 19.8 Å². The summed E-state index contributed by atoms with van der Waals surface area (Å²) in [6.45, 7) is 5.18. The van der Waals surface area contributed by atoms with Crippen molar-refractivity contribution < 1.29 is 14.3 Å². The lowest BCUT2D eigenvalue weighted by atomic mass is 9.72. The van der Waals surface area contributed by atoms with Crippen LogP contribution in [0.2, 0.25) is 0 Å². The van der Waals surface area contributed by atoms with E-state index >= 15 is 0 Å². The summed E-state index contributed by atoms with van der Waals surface area (Å²) >= 11 is 3.98. The highest BCUT2D eigenvalue weighted by Crippen LogP contribution is 2.49. The van der Waals surface area contributed by atoms with Crippen molar-refractivity contribution in [2.24, 2.45) is 11.0 Å². The molecule has 1 aromatic carbocycles. The van der Waals surface area contributed by atoms with Gasteiger partial charge in [0.05, 0.1) is 30.4 Å². The molecule has 3 atom stereocenters. The topological polar surface area (TPSA) is 54.4 Å². The van der Waals surface area contributed by atoms with Crippen molar-refractivity contribution in [3.05, 3.63) is 35.9 Å². The molecule has 3 aliphatic rings. The molecule has 1 saturated heterocycles. The molecule has 0 N–H and O–H groups in total. The smallest absolute Gasteiger partial charge is 0.432 e. The first-order valence-electron chi connectivity index (χ1n) is 10.3. The van der Waals surface area contributed by atoms with E-state index in [1.54, 1.807) is 5.01 Å². The molecule has 2 heterocycles. The van der Waals surface area contributed by atoms with Crippen LogP contribution in [0.1, 0.15) is 38.2 Å². The molecule has 0 bridgehead atoms. The predicted octanol–water partition coefficient (Wildman–Crippen LogP) is 3.85. The number of hydrogen-bond donors (Lipinski definition) is 0. The minimum absolute atomic E-state index is 0.0868. The van der Waals surface area contributed by atoms with E-state index in [4.69, 9.17) is 14.6 Å². The lowest BCUT2D eigenvalue weighted by Gasteiger charge is -2.58. The number of benzene rings is 1. The zero-order valence-corrected chi connectivity index (χ0v) is 17.9. The first-order valence-corrected chi connectivity index (χ1v) is 11.2. The molecule has 6 nitrogen and oxygen atoms in total. The molecule has 1 amide bonds. The predicted molar refractivity (Wildman–Crippen MR) is 112 cm³/mol. The van der Waals surface area contributed by atoms with Gasteiger partial charge in [0.25, 0.3) is 0 Å². The second kappa shape index (κ2) is 8.51. The number of carbonyl (C=O) groups excluding carboxylic acids is 1. The summed E-state index contributed by atoms with van der Waals surface area (Å²) in [4.78, 5) is 15.6. The maximum absolute atomic E-state index is 13.1. The standard InChI is InChI=1S/C21H28BrN3O3/c1-2-28-20(26)25-21(24-12-14-27-15-13-24)11-7-6-10-17(21)18(22)19(23-25)16-8-4-3-5-9-16/h3-5,8-9,17-18H,2,6-7,10-15H2,1H3/t17-,18-,21-/m1/s1. The third-order valence-electron chi connectivity index (χ3n) is 6.16. The van der Waals surface area contributed by atoms with Crippen LogP contribution in [0.3, 0.4) is 0 Å². The molecule has 0 aromatic heterocycles. The Morgan fingerprint density at radius 3 is 2.75 bits per heavy atom. The summed E-state index contributed by atoms with van der Waals surface area (Å²) in [7, 11) is 0. The van der Waals surface area contributed by atoms with Gasteiger partial charge in [-0.15, -0.1) is 0 Å². The van der Waals surface area contributed by atoms with Crippen molar-refractivity contribution in [2.45, 2.75) is 43.1 Å². The van der Waals surface area contributed by atoms with E-state index in [-0.39, 0.29) is 16.8 Å². The molecule has 1 saturated carbocycles. The van der Waals surface area contributed by atoms with Gasteiger partial charge < -0.3 is 9.47 Å². The monoisotopic (exact) mass is 449 g/mol. The van der Waals surface area contributed by atoms with Crippen molar-refractivity contribution in [1.29, 1.82) is 0 Å². The van der Waals surface area contributed by atoms with Crippen molar-refractivity contribution in [3.8, 4) is 0 Å². The maximum Gasteiger partial charge on any atom is 0.432 e. The number of ether oxygens (including phenoxy) is 2. The first-order chi connectivity index (χ1) is 13.7. The average Bonchev–Trinajstić information content (AvgIpc) is 2.75. The van der Waals surface area contributed by atoms with E-state index in [2.05, 4.69) is 33.0 Å². The lowest BCUT2D eigenvalue weighted by Crippen LogP contribution is -2.71. The Kier molecular flexibility index (Phi) is 6.04. The van der Waals surface area contributed by atoms with Crippen LogP contribution in [-0.4, -0.2) is 65.1 Å². The van der Waals surface area contributed by atoms with Gasteiger partial charge in [-0.25, -0.2) is 4.79 Å².